The van der Waals surface area contributed by atoms with Crippen LogP contribution >= 0.6 is 0 Å². The van der Waals surface area contributed by atoms with Crippen LogP contribution < -0.4 is 15.6 Å². The van der Waals surface area contributed by atoms with Crippen molar-refractivity contribution >= 4 is 16.1 Å². The van der Waals surface area contributed by atoms with Crippen molar-refractivity contribution in [2.24, 2.45) is 22.7 Å². The van der Waals surface area contributed by atoms with Gasteiger partial charge in [0.1, 0.15) is 0 Å². The van der Waals surface area contributed by atoms with Crippen molar-refractivity contribution in [3.05, 3.63) is 0 Å². The number of hydrogen-bond donors (Lipinski definition) is 3. The molecule has 0 bridgehead atoms. The Morgan fingerprint density at radius 3 is 2.57 bits per heavy atom. The van der Waals surface area contributed by atoms with Crippen molar-refractivity contribution in [2.45, 2.75) is 44.6 Å². The molecule has 0 spiro atoms. The Labute approximate surface area is 126 Å². The van der Waals surface area contributed by atoms with Crippen LogP contribution in [0.5, 0.6) is 0 Å². The minimum absolute atomic E-state index is 0.0332. The molecule has 2 fully saturated rings. The lowest BCUT2D eigenvalue weighted by atomic mass is 9.83. The number of carbonyl (C=O) groups excluding carboxylic acids is 1. The first-order valence-corrected chi connectivity index (χ1v) is 9.23. The van der Waals surface area contributed by atoms with Gasteiger partial charge in [0.2, 0.25) is 5.91 Å². The number of rotatable bonds is 4. The van der Waals surface area contributed by atoms with E-state index in [0.29, 0.717) is 13.1 Å². The smallest absolute Gasteiger partial charge is 0.274 e. The maximum atomic E-state index is 12.6. The van der Waals surface area contributed by atoms with E-state index in [1.54, 1.807) is 0 Å². The minimum Gasteiger partial charge on any atom is -0.342 e. The summed E-state index contributed by atoms with van der Waals surface area (Å²) in [5.41, 5.74) is 6.08. The molecule has 1 aliphatic heterocycles. The third kappa shape index (κ3) is 4.91. The van der Waals surface area contributed by atoms with Gasteiger partial charge in [0.15, 0.2) is 0 Å². The fourth-order valence-electron chi connectivity index (χ4n) is 3.37. The van der Waals surface area contributed by atoms with Gasteiger partial charge in [0.25, 0.3) is 10.2 Å². The SMILES string of the molecule is NC1CCCCC1C(=O)N1CCCC(CNS(N)(=O)=O)C1. The highest BCUT2D eigenvalue weighted by Gasteiger charge is 2.33. The van der Waals surface area contributed by atoms with Crippen LogP contribution in [0.1, 0.15) is 38.5 Å². The lowest BCUT2D eigenvalue weighted by molar-refractivity contribution is -0.138. The van der Waals surface area contributed by atoms with Gasteiger partial charge in [0.05, 0.1) is 5.92 Å². The summed E-state index contributed by atoms with van der Waals surface area (Å²) in [5.74, 6) is 0.201. The molecule has 3 atom stereocenters. The first kappa shape index (κ1) is 16.7. The zero-order valence-electron chi connectivity index (χ0n) is 12.3. The van der Waals surface area contributed by atoms with Crippen molar-refractivity contribution < 1.29 is 13.2 Å². The second-order valence-electron chi connectivity index (χ2n) is 6.24. The minimum atomic E-state index is -3.66. The Morgan fingerprint density at radius 2 is 1.90 bits per heavy atom. The number of amides is 1. The largest absolute Gasteiger partial charge is 0.342 e. The average molecular weight is 318 g/mol. The zero-order valence-corrected chi connectivity index (χ0v) is 13.1. The quantitative estimate of drug-likeness (QED) is 0.649. The molecule has 0 aromatic rings. The second kappa shape index (κ2) is 7.04. The molecule has 2 aliphatic rings. The highest BCUT2D eigenvalue weighted by atomic mass is 32.2. The van der Waals surface area contributed by atoms with E-state index in [-0.39, 0.29) is 23.8 Å². The van der Waals surface area contributed by atoms with Gasteiger partial charge in [0, 0.05) is 25.7 Å². The summed E-state index contributed by atoms with van der Waals surface area (Å²) in [4.78, 5) is 14.4. The molecule has 1 amide bonds. The molecule has 1 aliphatic carbocycles. The summed E-state index contributed by atoms with van der Waals surface area (Å²) in [5, 5.41) is 4.95. The number of hydrogen-bond acceptors (Lipinski definition) is 4. The first-order valence-electron chi connectivity index (χ1n) is 7.68. The van der Waals surface area contributed by atoms with E-state index in [1.807, 2.05) is 4.90 Å². The van der Waals surface area contributed by atoms with Crippen molar-refractivity contribution in [3.63, 3.8) is 0 Å². The van der Waals surface area contributed by atoms with Crippen molar-refractivity contribution in [1.29, 1.82) is 0 Å². The predicted molar refractivity (Wildman–Crippen MR) is 80.3 cm³/mol. The Hall–Kier alpha value is -0.700. The van der Waals surface area contributed by atoms with Crippen molar-refractivity contribution in [3.8, 4) is 0 Å². The summed E-state index contributed by atoms with van der Waals surface area (Å²) in [6, 6.07) is -0.0332. The normalized spacial score (nSPS) is 31.1. The molecule has 3 unspecified atom stereocenters. The van der Waals surface area contributed by atoms with Crippen LogP contribution in [0.25, 0.3) is 0 Å². The van der Waals surface area contributed by atoms with Gasteiger partial charge in [-0.2, -0.15) is 8.42 Å². The van der Waals surface area contributed by atoms with E-state index in [1.165, 1.54) is 0 Å². The van der Waals surface area contributed by atoms with Crippen LogP contribution in [0.3, 0.4) is 0 Å². The van der Waals surface area contributed by atoms with E-state index in [0.717, 1.165) is 45.1 Å². The summed E-state index contributed by atoms with van der Waals surface area (Å²) in [6.45, 7) is 1.62. The van der Waals surface area contributed by atoms with Crippen LogP contribution in [-0.2, 0) is 15.0 Å². The Bertz CT molecular complexity index is 468. The van der Waals surface area contributed by atoms with E-state index in [9.17, 15) is 13.2 Å². The summed E-state index contributed by atoms with van der Waals surface area (Å²) in [6.07, 6.45) is 5.76. The molecule has 122 valence electrons. The molecular formula is C13H26N4O3S. The van der Waals surface area contributed by atoms with Crippen molar-refractivity contribution in [2.75, 3.05) is 19.6 Å². The van der Waals surface area contributed by atoms with E-state index in [2.05, 4.69) is 4.72 Å². The number of nitrogens with two attached hydrogens (primary N) is 2. The second-order valence-corrected chi connectivity index (χ2v) is 7.62. The third-order valence-corrected chi connectivity index (χ3v) is 5.11. The van der Waals surface area contributed by atoms with Crippen molar-refractivity contribution in [1.82, 2.24) is 9.62 Å². The van der Waals surface area contributed by atoms with Crippen LogP contribution in [-0.4, -0.2) is 44.9 Å². The fourth-order valence-corrected chi connectivity index (χ4v) is 3.83. The molecule has 0 aromatic heterocycles. The van der Waals surface area contributed by atoms with Gasteiger partial charge in [-0.1, -0.05) is 12.8 Å². The average Bonchev–Trinajstić information content (AvgIpc) is 2.44. The molecule has 21 heavy (non-hydrogen) atoms. The molecular weight excluding hydrogens is 292 g/mol. The third-order valence-electron chi connectivity index (χ3n) is 4.54. The molecule has 1 saturated heterocycles. The molecule has 8 heteroatoms. The number of nitrogens with zero attached hydrogens (tertiary/aromatic N) is 1. The Morgan fingerprint density at radius 1 is 1.19 bits per heavy atom. The van der Waals surface area contributed by atoms with Crippen LogP contribution in [0.15, 0.2) is 0 Å². The zero-order chi connectivity index (χ0) is 15.5. The van der Waals surface area contributed by atoms with Crippen LogP contribution in [0.4, 0.5) is 0 Å². The molecule has 5 N–H and O–H groups in total. The van der Waals surface area contributed by atoms with Crippen LogP contribution in [0.2, 0.25) is 0 Å². The Balaban J connectivity index is 1.89. The van der Waals surface area contributed by atoms with E-state index < -0.39 is 10.2 Å². The molecule has 0 radical (unpaired) electrons. The predicted octanol–water partition coefficient (Wildman–Crippen LogP) is -0.464. The van der Waals surface area contributed by atoms with Gasteiger partial charge < -0.3 is 10.6 Å². The van der Waals surface area contributed by atoms with Crippen LogP contribution in [0, 0.1) is 11.8 Å². The monoisotopic (exact) mass is 318 g/mol. The number of likely N-dealkylation sites (tertiary alicyclic amines) is 1. The number of piperidine rings is 1. The molecule has 1 heterocycles. The fraction of sp³-hybridized carbons (Fsp3) is 0.923. The topological polar surface area (TPSA) is 119 Å². The maximum Gasteiger partial charge on any atom is 0.274 e. The first-order chi connectivity index (χ1) is 9.87. The highest BCUT2D eigenvalue weighted by Crippen LogP contribution is 2.27. The Kier molecular flexibility index (Phi) is 5.59. The van der Waals surface area contributed by atoms with Gasteiger partial charge in [-0.3, -0.25) is 4.79 Å². The molecule has 7 nitrogen and oxygen atoms in total. The lowest BCUT2D eigenvalue weighted by Gasteiger charge is -2.37. The number of nitrogens with one attached hydrogen (secondary N) is 1. The van der Waals surface area contributed by atoms with E-state index in [4.69, 9.17) is 10.9 Å². The summed E-state index contributed by atoms with van der Waals surface area (Å²) < 4.78 is 24.2. The number of carbonyl (C=O) groups is 1. The lowest BCUT2D eigenvalue weighted by Crippen LogP contribution is -2.50. The highest BCUT2D eigenvalue weighted by molar-refractivity contribution is 7.87. The van der Waals surface area contributed by atoms with Gasteiger partial charge >= 0.3 is 0 Å². The molecule has 0 aromatic carbocycles. The summed E-state index contributed by atoms with van der Waals surface area (Å²) >= 11 is 0. The van der Waals surface area contributed by atoms with E-state index >= 15 is 0 Å². The molecule has 1 saturated carbocycles. The maximum absolute atomic E-state index is 12.6. The summed E-state index contributed by atoms with van der Waals surface area (Å²) in [7, 11) is -3.66. The molecule has 2 rings (SSSR count). The van der Waals surface area contributed by atoms with Gasteiger partial charge in [-0.05, 0) is 31.6 Å². The van der Waals surface area contributed by atoms with Gasteiger partial charge in [-0.15, -0.1) is 0 Å². The van der Waals surface area contributed by atoms with Gasteiger partial charge in [-0.25, -0.2) is 9.86 Å². The standard InChI is InChI=1S/C13H26N4O3S/c14-12-6-2-1-5-11(12)13(18)17-7-3-4-10(9-17)8-16-21(15,19)20/h10-12,16H,1-9,14H2,(H2,15,19,20).